The average molecular weight is 365 g/mol. The summed E-state index contributed by atoms with van der Waals surface area (Å²) in [6, 6.07) is 4.30. The smallest absolute Gasteiger partial charge is 0.387 e. The van der Waals surface area contributed by atoms with Gasteiger partial charge in [-0.2, -0.15) is 8.78 Å². The molecular weight excluding hydrogens is 352 g/mol. The van der Waals surface area contributed by atoms with Gasteiger partial charge in [-0.15, -0.1) is 0 Å². The summed E-state index contributed by atoms with van der Waals surface area (Å²) in [6.45, 7) is -2.65. The lowest BCUT2D eigenvalue weighted by Crippen LogP contribution is -2.38. The Balaban J connectivity index is 1.46. The Kier molecular flexibility index (Phi) is 3.78. The third-order valence-electron chi connectivity index (χ3n) is 4.42. The number of hydrogen-bond donors (Lipinski definition) is 1. The largest absolute Gasteiger partial charge is 0.480 e. The third kappa shape index (κ3) is 2.75. The van der Waals surface area contributed by atoms with Gasteiger partial charge in [0.1, 0.15) is 29.1 Å². The van der Waals surface area contributed by atoms with Gasteiger partial charge < -0.3 is 23.9 Å². The second kappa shape index (κ2) is 6.01. The molecule has 26 heavy (non-hydrogen) atoms. The van der Waals surface area contributed by atoms with Crippen molar-refractivity contribution in [1.82, 2.24) is 4.90 Å². The van der Waals surface area contributed by atoms with E-state index in [9.17, 15) is 18.4 Å². The molecular formula is C17H13F2NO6. The standard InChI is InChI=1S/C17H13F2NO6/c18-17(19)25-9-2-1-8-3-13(26-12(8)4-9)15(21)20-5-10-11(16(22)23)7-24-14(10)6-20/h1-2,4,7,13,17H,3,5-6H2,(H,22,23). The van der Waals surface area contributed by atoms with E-state index in [0.717, 1.165) is 0 Å². The topological polar surface area (TPSA) is 89.2 Å². The van der Waals surface area contributed by atoms with Gasteiger partial charge in [0.2, 0.25) is 0 Å². The number of carbonyl (C=O) groups is 2. The molecule has 2 aliphatic heterocycles. The maximum Gasteiger partial charge on any atom is 0.387 e. The fraction of sp³-hybridized carbons (Fsp3) is 0.294. The lowest BCUT2D eigenvalue weighted by atomic mass is 10.1. The molecule has 1 amide bonds. The number of alkyl halides is 2. The molecule has 0 aliphatic carbocycles. The maximum atomic E-state index is 12.7. The Morgan fingerprint density at radius 2 is 2.12 bits per heavy atom. The molecule has 1 unspecified atom stereocenters. The van der Waals surface area contributed by atoms with Gasteiger partial charge >= 0.3 is 12.6 Å². The van der Waals surface area contributed by atoms with Crippen LogP contribution in [0.4, 0.5) is 8.78 Å². The monoisotopic (exact) mass is 365 g/mol. The van der Waals surface area contributed by atoms with Crippen LogP contribution in [-0.4, -0.2) is 34.6 Å². The molecule has 4 rings (SSSR count). The van der Waals surface area contributed by atoms with Gasteiger partial charge in [-0.1, -0.05) is 6.07 Å². The molecule has 0 radical (unpaired) electrons. The van der Waals surface area contributed by atoms with Crippen molar-refractivity contribution in [2.75, 3.05) is 0 Å². The van der Waals surface area contributed by atoms with Gasteiger partial charge in [-0.25, -0.2) is 4.79 Å². The van der Waals surface area contributed by atoms with E-state index in [2.05, 4.69) is 4.74 Å². The number of ether oxygens (including phenoxy) is 2. The molecule has 7 nitrogen and oxygen atoms in total. The molecule has 3 heterocycles. The summed E-state index contributed by atoms with van der Waals surface area (Å²) in [6.07, 6.45) is 0.665. The van der Waals surface area contributed by atoms with Crippen LogP contribution < -0.4 is 9.47 Å². The summed E-state index contributed by atoms with van der Waals surface area (Å²) in [7, 11) is 0. The molecule has 0 saturated carbocycles. The molecule has 1 aromatic carbocycles. The highest BCUT2D eigenvalue weighted by atomic mass is 19.3. The van der Waals surface area contributed by atoms with Crippen LogP contribution in [-0.2, 0) is 24.3 Å². The van der Waals surface area contributed by atoms with Gasteiger partial charge in [-0.3, -0.25) is 4.79 Å². The summed E-state index contributed by atoms with van der Waals surface area (Å²) in [5.41, 5.74) is 1.24. The molecule has 2 aromatic rings. The summed E-state index contributed by atoms with van der Waals surface area (Å²) in [5, 5.41) is 9.13. The molecule has 136 valence electrons. The zero-order valence-corrected chi connectivity index (χ0v) is 13.3. The fourth-order valence-electron chi connectivity index (χ4n) is 3.21. The number of carbonyl (C=O) groups excluding carboxylic acids is 1. The van der Waals surface area contributed by atoms with Crippen molar-refractivity contribution >= 4 is 11.9 Å². The molecule has 9 heteroatoms. The normalized spacial score (nSPS) is 17.8. The van der Waals surface area contributed by atoms with E-state index in [1.54, 1.807) is 6.07 Å². The van der Waals surface area contributed by atoms with Crippen molar-refractivity contribution in [3.8, 4) is 11.5 Å². The summed E-state index contributed by atoms with van der Waals surface area (Å²) < 4.78 is 39.7. The highest BCUT2D eigenvalue weighted by Gasteiger charge is 2.37. The lowest BCUT2D eigenvalue weighted by molar-refractivity contribution is -0.138. The minimum Gasteiger partial charge on any atom is -0.480 e. The SMILES string of the molecule is O=C(O)c1coc2c1CN(C(=O)C1Cc3ccc(OC(F)F)cc3O1)C2. The van der Waals surface area contributed by atoms with Gasteiger partial charge in [0.25, 0.3) is 5.91 Å². The Morgan fingerprint density at radius 3 is 2.85 bits per heavy atom. The predicted molar refractivity (Wildman–Crippen MR) is 81.1 cm³/mol. The van der Waals surface area contributed by atoms with Crippen molar-refractivity contribution in [3.05, 3.63) is 46.9 Å². The van der Waals surface area contributed by atoms with Crippen LogP contribution in [0, 0.1) is 0 Å². The molecule has 2 aliphatic rings. The number of carboxylic acids is 1. The number of hydrogen-bond acceptors (Lipinski definition) is 5. The number of benzene rings is 1. The van der Waals surface area contributed by atoms with E-state index >= 15 is 0 Å². The lowest BCUT2D eigenvalue weighted by Gasteiger charge is -2.19. The second-order valence-electron chi connectivity index (χ2n) is 6.01. The quantitative estimate of drug-likeness (QED) is 0.895. The number of nitrogens with zero attached hydrogens (tertiary/aromatic N) is 1. The highest BCUT2D eigenvalue weighted by Crippen LogP contribution is 2.35. The van der Waals surface area contributed by atoms with Crippen molar-refractivity contribution in [1.29, 1.82) is 0 Å². The number of halogens is 2. The molecule has 1 N–H and O–H groups in total. The van der Waals surface area contributed by atoms with Crippen LogP contribution in [0.2, 0.25) is 0 Å². The fourth-order valence-corrected chi connectivity index (χ4v) is 3.21. The van der Waals surface area contributed by atoms with Crippen LogP contribution in [0.5, 0.6) is 11.5 Å². The van der Waals surface area contributed by atoms with Crippen molar-refractivity contribution in [2.45, 2.75) is 32.2 Å². The Labute approximate surface area is 145 Å². The van der Waals surface area contributed by atoms with E-state index in [1.165, 1.54) is 23.3 Å². The van der Waals surface area contributed by atoms with Gasteiger partial charge in [0.05, 0.1) is 13.1 Å². The van der Waals surface area contributed by atoms with Crippen molar-refractivity contribution in [3.63, 3.8) is 0 Å². The first-order valence-corrected chi connectivity index (χ1v) is 7.78. The maximum absolute atomic E-state index is 12.7. The van der Waals surface area contributed by atoms with E-state index in [4.69, 9.17) is 14.3 Å². The van der Waals surface area contributed by atoms with E-state index in [-0.39, 0.29) is 30.3 Å². The number of rotatable bonds is 4. The Morgan fingerprint density at radius 1 is 1.31 bits per heavy atom. The number of amides is 1. The number of fused-ring (bicyclic) bond motifs is 2. The number of furan rings is 1. The first-order chi connectivity index (χ1) is 12.4. The zero-order valence-electron chi connectivity index (χ0n) is 13.3. The van der Waals surface area contributed by atoms with Crippen LogP contribution in [0.1, 0.15) is 27.2 Å². The first-order valence-electron chi connectivity index (χ1n) is 7.78. The van der Waals surface area contributed by atoms with E-state index in [1.807, 2.05) is 0 Å². The first kappa shape index (κ1) is 16.4. The Bertz CT molecular complexity index is 893. The number of aromatic carboxylic acids is 1. The van der Waals surface area contributed by atoms with Crippen LogP contribution in [0.25, 0.3) is 0 Å². The number of carboxylic acid groups (broad SMARTS) is 1. The predicted octanol–water partition coefficient (Wildman–Crippen LogP) is 2.43. The molecule has 0 spiro atoms. The molecule has 1 atom stereocenters. The van der Waals surface area contributed by atoms with Crippen molar-refractivity contribution in [2.24, 2.45) is 0 Å². The van der Waals surface area contributed by atoms with Crippen molar-refractivity contribution < 1.29 is 37.4 Å². The van der Waals surface area contributed by atoms with Gasteiger partial charge in [0.15, 0.2) is 6.10 Å². The average Bonchev–Trinajstić information content (AvgIpc) is 3.25. The third-order valence-corrected chi connectivity index (χ3v) is 4.42. The minimum atomic E-state index is -2.94. The molecule has 1 aromatic heterocycles. The molecule has 0 saturated heterocycles. The second-order valence-corrected chi connectivity index (χ2v) is 6.01. The van der Waals surface area contributed by atoms with Crippen LogP contribution in [0.15, 0.2) is 28.9 Å². The summed E-state index contributed by atoms with van der Waals surface area (Å²) in [5.74, 6) is -0.707. The van der Waals surface area contributed by atoms with Crippen LogP contribution >= 0.6 is 0 Å². The van der Waals surface area contributed by atoms with E-state index in [0.29, 0.717) is 29.1 Å². The van der Waals surface area contributed by atoms with E-state index < -0.39 is 18.7 Å². The molecule has 0 bridgehead atoms. The highest BCUT2D eigenvalue weighted by molar-refractivity contribution is 5.90. The summed E-state index contributed by atoms with van der Waals surface area (Å²) in [4.78, 5) is 25.3. The molecule has 0 fully saturated rings. The minimum absolute atomic E-state index is 0.0414. The summed E-state index contributed by atoms with van der Waals surface area (Å²) >= 11 is 0. The zero-order chi connectivity index (χ0) is 18.4. The van der Waals surface area contributed by atoms with Gasteiger partial charge in [-0.05, 0) is 11.6 Å². The van der Waals surface area contributed by atoms with Gasteiger partial charge in [0, 0.05) is 18.1 Å². The Hall–Kier alpha value is -3.10. The van der Waals surface area contributed by atoms with Crippen LogP contribution in [0.3, 0.4) is 0 Å².